The molecule has 1 saturated carbocycles. The lowest BCUT2D eigenvalue weighted by Gasteiger charge is -2.35. The van der Waals surface area contributed by atoms with Crippen LogP contribution in [0.2, 0.25) is 0 Å². The Bertz CT molecular complexity index is 1080. The summed E-state index contributed by atoms with van der Waals surface area (Å²) in [5, 5.41) is 0. The zero-order chi connectivity index (χ0) is 33.1. The number of carbonyl (C=O) groups excluding carboxylic acids is 2. The van der Waals surface area contributed by atoms with Gasteiger partial charge in [-0.05, 0) is 78.1 Å². The van der Waals surface area contributed by atoms with Gasteiger partial charge < -0.3 is 17.4 Å². The average molecular weight is 725 g/mol. The number of hydrogen-bond donors (Lipinski definition) is 0. The molecular formula is C36H57IN2O5. The number of ether oxygens (including phenoxy) is 2. The number of carbonyl (C=O) groups is 2. The summed E-state index contributed by atoms with van der Waals surface area (Å²) in [6.07, 6.45) is 13.2. The van der Waals surface area contributed by atoms with Crippen molar-refractivity contribution < 1.29 is 22.1 Å². The second kappa shape index (κ2) is 21.5. The maximum Gasteiger partial charge on any atom is 0.319 e. The first-order chi connectivity index (χ1) is 21.0. The number of halogens is 1. The SMILES string of the molecule is C1CC1.C=C.CC/C(=C\C=C(/C)N(C=O)CC(CCN(CC)Cc1cc(C)cc2c1OC(C)(C)CC2)COC)CC(=O)OI. The molecule has 248 valence electrons. The van der Waals surface area contributed by atoms with Crippen LogP contribution in [0.3, 0.4) is 0 Å². The van der Waals surface area contributed by atoms with Gasteiger partial charge in [0.05, 0.1) is 13.0 Å². The van der Waals surface area contributed by atoms with Crippen molar-refractivity contribution in [2.75, 3.05) is 33.4 Å². The molecule has 0 saturated heterocycles. The van der Waals surface area contributed by atoms with E-state index >= 15 is 0 Å². The van der Waals surface area contributed by atoms with Crippen molar-refractivity contribution in [1.82, 2.24) is 9.80 Å². The third-order valence-corrected chi connectivity index (χ3v) is 8.21. The van der Waals surface area contributed by atoms with Crippen molar-refractivity contribution in [2.24, 2.45) is 5.92 Å². The van der Waals surface area contributed by atoms with Gasteiger partial charge in [-0.3, -0.25) is 14.5 Å². The fraction of sp³-hybridized carbons (Fsp3) is 0.611. The van der Waals surface area contributed by atoms with Crippen LogP contribution in [-0.2, 0) is 30.4 Å². The van der Waals surface area contributed by atoms with E-state index < -0.39 is 0 Å². The number of nitrogens with zero attached hydrogens (tertiary/aromatic N) is 2. The summed E-state index contributed by atoms with van der Waals surface area (Å²) >= 11 is 1.61. The molecule has 0 N–H and O–H groups in total. The van der Waals surface area contributed by atoms with E-state index in [1.54, 1.807) is 35.0 Å². The van der Waals surface area contributed by atoms with Gasteiger partial charge in [-0.1, -0.05) is 62.5 Å². The molecule has 1 fully saturated rings. The maximum atomic E-state index is 12.0. The van der Waals surface area contributed by atoms with Crippen LogP contribution in [0.1, 0.15) is 96.3 Å². The van der Waals surface area contributed by atoms with Crippen molar-refractivity contribution in [3.05, 3.63) is 65.4 Å². The van der Waals surface area contributed by atoms with Crippen LogP contribution < -0.4 is 4.74 Å². The lowest BCUT2D eigenvalue weighted by Crippen LogP contribution is -2.35. The molecular weight excluding hydrogens is 667 g/mol. The second-order valence-corrected chi connectivity index (χ2v) is 12.6. The predicted octanol–water partition coefficient (Wildman–Crippen LogP) is 8.53. The van der Waals surface area contributed by atoms with Gasteiger partial charge in [0.2, 0.25) is 6.41 Å². The van der Waals surface area contributed by atoms with E-state index in [1.807, 2.05) is 26.0 Å². The molecule has 2 aliphatic rings. The first-order valence-electron chi connectivity index (χ1n) is 16.0. The monoisotopic (exact) mass is 724 g/mol. The quantitative estimate of drug-likeness (QED) is 0.0738. The van der Waals surface area contributed by atoms with Crippen LogP contribution in [0.25, 0.3) is 0 Å². The summed E-state index contributed by atoms with van der Waals surface area (Å²) in [6, 6.07) is 4.52. The molecule has 1 aromatic rings. The first kappa shape index (κ1) is 39.9. The topological polar surface area (TPSA) is 68.3 Å². The molecule has 1 atom stereocenters. The molecule has 0 radical (unpaired) electrons. The van der Waals surface area contributed by atoms with E-state index in [1.165, 1.54) is 36.0 Å². The van der Waals surface area contributed by atoms with Gasteiger partial charge in [0.1, 0.15) is 11.4 Å². The highest BCUT2D eigenvalue weighted by Crippen LogP contribution is 2.37. The Kier molecular flexibility index (Phi) is 19.5. The molecule has 1 aliphatic heterocycles. The molecule has 0 spiro atoms. The summed E-state index contributed by atoms with van der Waals surface area (Å²) in [5.41, 5.74) is 5.48. The Balaban J connectivity index is 0.00000178. The highest BCUT2D eigenvalue weighted by molar-refractivity contribution is 14.1. The van der Waals surface area contributed by atoms with E-state index in [4.69, 9.17) is 12.5 Å². The molecule has 7 nitrogen and oxygen atoms in total. The van der Waals surface area contributed by atoms with E-state index in [0.29, 0.717) is 13.2 Å². The van der Waals surface area contributed by atoms with E-state index in [0.717, 1.165) is 68.7 Å². The van der Waals surface area contributed by atoms with Crippen molar-refractivity contribution in [3.8, 4) is 5.75 Å². The van der Waals surface area contributed by atoms with Gasteiger partial charge in [-0.25, -0.2) is 0 Å². The third kappa shape index (κ3) is 15.2. The zero-order valence-electron chi connectivity index (χ0n) is 28.4. The Morgan fingerprint density at radius 3 is 2.41 bits per heavy atom. The normalized spacial score (nSPS) is 15.8. The fourth-order valence-corrected chi connectivity index (χ4v) is 5.10. The van der Waals surface area contributed by atoms with Crippen molar-refractivity contribution in [2.45, 2.75) is 105 Å². The van der Waals surface area contributed by atoms with E-state index in [9.17, 15) is 9.59 Å². The number of allylic oxidation sites excluding steroid dienone is 3. The summed E-state index contributed by atoms with van der Waals surface area (Å²) in [4.78, 5) is 27.8. The second-order valence-electron chi connectivity index (χ2n) is 12.2. The van der Waals surface area contributed by atoms with E-state index in [2.05, 4.69) is 57.9 Å². The number of aryl methyl sites for hydroxylation is 2. The fourth-order valence-electron chi connectivity index (χ4n) is 4.94. The Hall–Kier alpha value is -2.17. The Labute approximate surface area is 281 Å². The van der Waals surface area contributed by atoms with Crippen LogP contribution in [0.4, 0.5) is 0 Å². The van der Waals surface area contributed by atoms with Crippen LogP contribution in [0, 0.1) is 12.8 Å². The van der Waals surface area contributed by atoms with Gasteiger partial charge in [0, 0.05) is 37.4 Å². The molecule has 1 aliphatic carbocycles. The van der Waals surface area contributed by atoms with Gasteiger partial charge in [-0.2, -0.15) is 0 Å². The molecule has 44 heavy (non-hydrogen) atoms. The first-order valence-corrected chi connectivity index (χ1v) is 16.9. The molecule has 1 aromatic carbocycles. The lowest BCUT2D eigenvalue weighted by molar-refractivity contribution is -0.130. The largest absolute Gasteiger partial charge is 0.487 e. The standard InChI is InChI=1S/C31H47IN2O5.C3H6.C2H4/c1-8-25(18-29(36)39-32)11-10-24(4)34(22-35)19-26(21-37-7)13-15-33(9-2)20-28-17-23(3)16-27-12-14-31(5,6)38-30(27)28;1-2-3-1;1-2/h10-11,16-17,22,26H,8-9,12-15,18-21H2,1-7H3;1-3H2;1-2H2/b24-10+,25-11+;;. The number of hydrogen-bond acceptors (Lipinski definition) is 6. The molecule has 3 rings (SSSR count). The van der Waals surface area contributed by atoms with Gasteiger partial charge >= 0.3 is 5.97 Å². The highest BCUT2D eigenvalue weighted by Gasteiger charge is 2.29. The van der Waals surface area contributed by atoms with Gasteiger partial charge in [0.25, 0.3) is 0 Å². The van der Waals surface area contributed by atoms with Crippen LogP contribution >= 0.6 is 23.0 Å². The summed E-state index contributed by atoms with van der Waals surface area (Å²) in [7, 11) is 1.71. The molecule has 8 heteroatoms. The number of benzene rings is 1. The van der Waals surface area contributed by atoms with Crippen LogP contribution in [-0.4, -0.2) is 61.1 Å². The van der Waals surface area contributed by atoms with Crippen molar-refractivity contribution in [3.63, 3.8) is 0 Å². The smallest absolute Gasteiger partial charge is 0.319 e. The summed E-state index contributed by atoms with van der Waals surface area (Å²) in [5.74, 6) is 0.967. The predicted molar refractivity (Wildman–Crippen MR) is 190 cm³/mol. The lowest BCUT2D eigenvalue weighted by atomic mass is 9.91. The Morgan fingerprint density at radius 2 is 1.86 bits per heavy atom. The molecule has 1 amide bonds. The van der Waals surface area contributed by atoms with Crippen molar-refractivity contribution in [1.29, 1.82) is 0 Å². The number of rotatable bonds is 16. The number of fused-ring (bicyclic) bond motifs is 1. The highest BCUT2D eigenvalue weighted by atomic mass is 127. The van der Waals surface area contributed by atoms with Gasteiger partial charge in [-0.15, -0.1) is 13.2 Å². The maximum absolute atomic E-state index is 12.0. The summed E-state index contributed by atoms with van der Waals surface area (Å²) < 4.78 is 16.7. The molecule has 0 bridgehead atoms. The molecule has 1 heterocycles. The third-order valence-electron chi connectivity index (χ3n) is 7.72. The van der Waals surface area contributed by atoms with E-state index in [-0.39, 0.29) is 23.9 Å². The van der Waals surface area contributed by atoms with Gasteiger partial charge in [0.15, 0.2) is 23.0 Å². The Morgan fingerprint density at radius 1 is 1.18 bits per heavy atom. The van der Waals surface area contributed by atoms with Crippen molar-refractivity contribution >= 4 is 35.4 Å². The number of methoxy groups -OCH3 is 1. The minimum Gasteiger partial charge on any atom is -0.487 e. The molecule has 0 aromatic heterocycles. The molecule has 1 unspecified atom stereocenters. The average Bonchev–Trinajstić information content (AvgIpc) is 3.90. The summed E-state index contributed by atoms with van der Waals surface area (Å²) in [6.45, 7) is 22.4. The zero-order valence-corrected chi connectivity index (χ0v) is 30.5. The minimum atomic E-state index is -0.274. The van der Waals surface area contributed by atoms with Crippen LogP contribution in [0.5, 0.6) is 5.75 Å². The van der Waals surface area contributed by atoms with Crippen LogP contribution in [0.15, 0.2) is 48.7 Å². The minimum absolute atomic E-state index is 0.146. The number of amides is 1.